The molecule has 5 N–H and O–H groups in total. The Morgan fingerprint density at radius 3 is 1.91 bits per heavy atom. The lowest BCUT2D eigenvalue weighted by Crippen LogP contribution is -2.26. The van der Waals surface area contributed by atoms with Crippen molar-refractivity contribution in [1.82, 2.24) is 0 Å². The first kappa shape index (κ1) is 44.1. The van der Waals surface area contributed by atoms with E-state index < -0.39 is 23.3 Å². The van der Waals surface area contributed by atoms with E-state index in [2.05, 4.69) is 66.6 Å². The van der Waals surface area contributed by atoms with Gasteiger partial charge in [-0.05, 0) is 112 Å². The van der Waals surface area contributed by atoms with Crippen molar-refractivity contribution in [2.24, 2.45) is 4.99 Å². The van der Waals surface area contributed by atoms with E-state index in [0.717, 1.165) is 66.1 Å². The number of hydrogen-bond acceptors (Lipinski definition) is 8. The number of carbonyl (C=O) groups is 4. The Bertz CT molecular complexity index is 1860. The highest BCUT2D eigenvalue weighted by atomic mass is 16.5. The number of anilines is 3. The quantitative estimate of drug-likeness (QED) is 0.0493. The number of amides is 1. The SMILES string of the molecule is CCNc1ccc(/C=C/C2=Nc3ccc(C(=O)Nc4ccc(N(CCCCCC(=O)O)CCCCCC(=O)O)c(OCCCCCC(=O)O)c4)cc3C2(C)C)cc1. The number of ether oxygens (including phenoxy) is 1. The van der Waals surface area contributed by atoms with Gasteiger partial charge in [-0.15, -0.1) is 0 Å². The summed E-state index contributed by atoms with van der Waals surface area (Å²) in [5.41, 5.74) is 6.26. The second-order valence-corrected chi connectivity index (χ2v) is 14.9. The zero-order valence-electron chi connectivity index (χ0n) is 33.5. The van der Waals surface area contributed by atoms with Gasteiger partial charge in [0.1, 0.15) is 5.75 Å². The largest absolute Gasteiger partial charge is 0.491 e. The van der Waals surface area contributed by atoms with Crippen molar-refractivity contribution in [3.05, 3.63) is 83.4 Å². The Kier molecular flexibility index (Phi) is 17.2. The van der Waals surface area contributed by atoms with Gasteiger partial charge in [0.25, 0.3) is 5.91 Å². The fourth-order valence-electron chi connectivity index (χ4n) is 6.79. The van der Waals surface area contributed by atoms with Crippen molar-refractivity contribution in [2.75, 3.05) is 41.8 Å². The molecule has 306 valence electrons. The van der Waals surface area contributed by atoms with E-state index in [0.29, 0.717) is 68.8 Å². The number of fused-ring (bicyclic) bond motifs is 1. The molecule has 12 heteroatoms. The molecular formula is C45H58N4O8. The molecule has 1 heterocycles. The third-order valence-electron chi connectivity index (χ3n) is 10.0. The predicted octanol–water partition coefficient (Wildman–Crippen LogP) is 9.57. The molecule has 1 aliphatic rings. The lowest BCUT2D eigenvalue weighted by Gasteiger charge is -2.28. The maximum Gasteiger partial charge on any atom is 0.303 e. The molecule has 0 bridgehead atoms. The number of benzene rings is 3. The highest BCUT2D eigenvalue weighted by Gasteiger charge is 2.34. The smallest absolute Gasteiger partial charge is 0.303 e. The first-order chi connectivity index (χ1) is 27.4. The molecule has 0 spiro atoms. The van der Waals surface area contributed by atoms with Crippen LogP contribution in [0.2, 0.25) is 0 Å². The van der Waals surface area contributed by atoms with Gasteiger partial charge in [0.2, 0.25) is 0 Å². The molecule has 3 aromatic rings. The van der Waals surface area contributed by atoms with E-state index in [1.807, 2.05) is 30.3 Å². The zero-order valence-corrected chi connectivity index (χ0v) is 33.5. The van der Waals surface area contributed by atoms with Crippen molar-refractivity contribution in [3.63, 3.8) is 0 Å². The van der Waals surface area contributed by atoms with Crippen LogP contribution in [0.1, 0.15) is 119 Å². The Labute approximate surface area is 336 Å². The number of carboxylic acid groups (broad SMARTS) is 3. The molecule has 0 aromatic heterocycles. The van der Waals surface area contributed by atoms with Crippen LogP contribution in [0.3, 0.4) is 0 Å². The second-order valence-electron chi connectivity index (χ2n) is 14.9. The Morgan fingerprint density at radius 1 is 0.719 bits per heavy atom. The number of hydrogen-bond donors (Lipinski definition) is 5. The van der Waals surface area contributed by atoms with Crippen LogP contribution >= 0.6 is 0 Å². The molecule has 4 rings (SSSR count). The summed E-state index contributed by atoms with van der Waals surface area (Å²) in [6.07, 6.45) is 10.4. The van der Waals surface area contributed by atoms with Gasteiger partial charge in [0.15, 0.2) is 0 Å². The number of aliphatic carboxylic acids is 3. The number of carboxylic acids is 3. The number of unbranched alkanes of at least 4 members (excludes halogenated alkanes) is 6. The van der Waals surface area contributed by atoms with Crippen molar-refractivity contribution in [3.8, 4) is 5.75 Å². The molecule has 0 atom stereocenters. The summed E-state index contributed by atoms with van der Waals surface area (Å²) in [5.74, 6) is -2.18. The third kappa shape index (κ3) is 14.1. The minimum absolute atomic E-state index is 0.0972. The van der Waals surface area contributed by atoms with E-state index in [-0.39, 0.29) is 25.2 Å². The molecule has 0 unspecified atom stereocenters. The molecule has 0 saturated carbocycles. The summed E-state index contributed by atoms with van der Waals surface area (Å²) in [4.78, 5) is 53.9. The van der Waals surface area contributed by atoms with Crippen molar-refractivity contribution >= 4 is 58.4 Å². The van der Waals surface area contributed by atoms with Crippen LogP contribution in [0.15, 0.2) is 71.7 Å². The van der Waals surface area contributed by atoms with Crippen molar-refractivity contribution < 1.29 is 39.2 Å². The molecule has 3 aromatic carbocycles. The summed E-state index contributed by atoms with van der Waals surface area (Å²) < 4.78 is 6.32. The van der Waals surface area contributed by atoms with Gasteiger partial charge in [0, 0.05) is 67.3 Å². The molecule has 1 aliphatic heterocycles. The molecule has 57 heavy (non-hydrogen) atoms. The third-order valence-corrected chi connectivity index (χ3v) is 10.0. The minimum atomic E-state index is -0.831. The van der Waals surface area contributed by atoms with Gasteiger partial charge in [-0.2, -0.15) is 0 Å². The number of allylic oxidation sites excluding steroid dienone is 1. The van der Waals surface area contributed by atoms with E-state index in [1.165, 1.54) is 0 Å². The first-order valence-corrected chi connectivity index (χ1v) is 20.1. The fourth-order valence-corrected chi connectivity index (χ4v) is 6.79. The molecule has 0 radical (unpaired) electrons. The van der Waals surface area contributed by atoms with Gasteiger partial charge < -0.3 is 35.6 Å². The predicted molar refractivity (Wildman–Crippen MR) is 227 cm³/mol. The number of nitrogens with zero attached hydrogens (tertiary/aromatic N) is 2. The van der Waals surface area contributed by atoms with Crippen LogP contribution in [-0.4, -0.2) is 71.1 Å². The summed E-state index contributed by atoms with van der Waals surface area (Å²) in [7, 11) is 0. The standard InChI is InChI=1S/C45H58N4O8/c1-4-46-34-21-17-32(18-22-34)19-26-40-45(2,3)36-30-33(20-24-37(36)48-40)44(56)47-35-23-25-38(39(31-35)57-29-13-7-10-16-43(54)55)49(27-11-5-8-14-41(50)51)28-12-6-9-15-42(52)53/h17-26,30-31,46H,4-16,27-29H2,1-3H3,(H,47,56)(H,50,51)(H,52,53)(H,54,55)/b26-19+. The van der Waals surface area contributed by atoms with Gasteiger partial charge in [-0.3, -0.25) is 24.2 Å². The minimum Gasteiger partial charge on any atom is -0.491 e. The number of nitrogens with one attached hydrogen (secondary N) is 2. The van der Waals surface area contributed by atoms with Crippen molar-refractivity contribution in [1.29, 1.82) is 0 Å². The summed E-state index contributed by atoms with van der Waals surface area (Å²) in [6, 6.07) is 19.3. The van der Waals surface area contributed by atoms with Crippen LogP contribution < -0.4 is 20.3 Å². The first-order valence-electron chi connectivity index (χ1n) is 20.1. The van der Waals surface area contributed by atoms with Crippen LogP contribution in [0.5, 0.6) is 5.75 Å². The number of carbonyl (C=O) groups excluding carboxylic acids is 1. The van der Waals surface area contributed by atoms with E-state index in [4.69, 9.17) is 25.0 Å². The fraction of sp³-hybridized carbons (Fsp3) is 0.444. The topological polar surface area (TPSA) is 178 Å². The average molecular weight is 783 g/mol. The Morgan fingerprint density at radius 2 is 1.32 bits per heavy atom. The van der Waals surface area contributed by atoms with Gasteiger partial charge >= 0.3 is 17.9 Å². The zero-order chi connectivity index (χ0) is 41.2. The summed E-state index contributed by atoms with van der Waals surface area (Å²) >= 11 is 0. The molecule has 0 fully saturated rings. The summed E-state index contributed by atoms with van der Waals surface area (Å²) in [5, 5.41) is 33.5. The van der Waals surface area contributed by atoms with Gasteiger partial charge in [-0.25, -0.2) is 0 Å². The molecule has 1 amide bonds. The van der Waals surface area contributed by atoms with Crippen LogP contribution in [0.25, 0.3) is 6.08 Å². The molecule has 12 nitrogen and oxygen atoms in total. The van der Waals surface area contributed by atoms with Crippen molar-refractivity contribution in [2.45, 2.75) is 103 Å². The molecule has 0 saturated heterocycles. The lowest BCUT2D eigenvalue weighted by molar-refractivity contribution is -0.138. The normalized spacial score (nSPS) is 12.9. The second kappa shape index (κ2) is 22.2. The van der Waals surface area contributed by atoms with Crippen LogP contribution in [-0.2, 0) is 19.8 Å². The number of rotatable bonds is 26. The maximum atomic E-state index is 13.8. The molecular weight excluding hydrogens is 725 g/mol. The van der Waals surface area contributed by atoms with Crippen LogP contribution in [0.4, 0.5) is 22.7 Å². The van der Waals surface area contributed by atoms with Gasteiger partial charge in [-0.1, -0.05) is 44.9 Å². The lowest BCUT2D eigenvalue weighted by atomic mass is 9.80. The average Bonchev–Trinajstić information content (AvgIpc) is 3.43. The van der Waals surface area contributed by atoms with Crippen LogP contribution in [0, 0.1) is 0 Å². The molecule has 0 aliphatic carbocycles. The Hall–Kier alpha value is -5.65. The highest BCUT2D eigenvalue weighted by Crippen LogP contribution is 2.41. The number of aliphatic imine (C=N–C) groups is 1. The Balaban J connectivity index is 1.51. The maximum absolute atomic E-state index is 13.8. The van der Waals surface area contributed by atoms with E-state index in [9.17, 15) is 19.2 Å². The summed E-state index contributed by atoms with van der Waals surface area (Å²) in [6.45, 7) is 8.77. The highest BCUT2D eigenvalue weighted by molar-refractivity contribution is 6.11. The van der Waals surface area contributed by atoms with E-state index >= 15 is 0 Å². The van der Waals surface area contributed by atoms with E-state index in [1.54, 1.807) is 12.1 Å². The monoisotopic (exact) mass is 782 g/mol. The van der Waals surface area contributed by atoms with Gasteiger partial charge in [0.05, 0.1) is 23.7 Å².